The molecule has 2 rings (SSSR count). The molecular weight excluding hydrogens is 362 g/mol. The van der Waals surface area contributed by atoms with E-state index in [1.54, 1.807) is 18.2 Å². The molecule has 0 unspecified atom stereocenters. The van der Waals surface area contributed by atoms with Gasteiger partial charge in [-0.3, -0.25) is 0 Å². The molecule has 0 radical (unpaired) electrons. The number of hydrogen-bond donors (Lipinski definition) is 1. The van der Waals surface area contributed by atoms with E-state index in [4.69, 9.17) is 11.6 Å². The highest BCUT2D eigenvalue weighted by Crippen LogP contribution is 2.21. The highest BCUT2D eigenvalue weighted by Gasteiger charge is 2.16. The van der Waals surface area contributed by atoms with E-state index in [-0.39, 0.29) is 15.7 Å². The lowest BCUT2D eigenvalue weighted by molar-refractivity contribution is 0.596. The van der Waals surface area contributed by atoms with Crippen LogP contribution >= 0.6 is 27.5 Å². The molecule has 0 saturated heterocycles. The summed E-state index contributed by atoms with van der Waals surface area (Å²) in [7, 11) is -3.37. The van der Waals surface area contributed by atoms with Gasteiger partial charge in [0.05, 0.1) is 15.7 Å². The van der Waals surface area contributed by atoms with Crippen LogP contribution in [0.4, 0.5) is 5.69 Å². The van der Waals surface area contributed by atoms with Gasteiger partial charge in [0.2, 0.25) is 0 Å². The van der Waals surface area contributed by atoms with Crippen LogP contribution in [0.25, 0.3) is 0 Å². The molecule has 106 valence electrons. The van der Waals surface area contributed by atoms with E-state index < -0.39 is 9.84 Å². The Bertz CT molecular complexity index is 687. The molecular formula is C14H13BrClNO2S. The Labute approximate surface area is 132 Å². The Balaban J connectivity index is 2.00. The van der Waals surface area contributed by atoms with Gasteiger partial charge in [0.25, 0.3) is 0 Å². The van der Waals surface area contributed by atoms with Gasteiger partial charge in [-0.25, -0.2) is 8.42 Å². The van der Waals surface area contributed by atoms with Crippen LogP contribution in [0.3, 0.4) is 0 Å². The Hall–Kier alpha value is -1.04. The second kappa shape index (κ2) is 6.61. The lowest BCUT2D eigenvalue weighted by atomic mass is 10.3. The van der Waals surface area contributed by atoms with Crippen molar-refractivity contribution >= 4 is 43.1 Å². The van der Waals surface area contributed by atoms with Crippen LogP contribution in [-0.2, 0) is 9.84 Å². The average molecular weight is 375 g/mol. The van der Waals surface area contributed by atoms with Gasteiger partial charge >= 0.3 is 0 Å². The first-order valence-corrected chi connectivity index (χ1v) is 8.78. The topological polar surface area (TPSA) is 46.2 Å². The molecule has 2 aromatic rings. The third-order valence-corrected chi connectivity index (χ3v) is 5.45. The zero-order valence-electron chi connectivity index (χ0n) is 10.5. The van der Waals surface area contributed by atoms with Crippen molar-refractivity contribution in [1.29, 1.82) is 0 Å². The van der Waals surface area contributed by atoms with E-state index in [9.17, 15) is 8.42 Å². The van der Waals surface area contributed by atoms with Gasteiger partial charge in [-0.2, -0.15) is 0 Å². The predicted molar refractivity (Wildman–Crippen MR) is 86.1 cm³/mol. The quantitative estimate of drug-likeness (QED) is 0.861. The average Bonchev–Trinajstić information content (AvgIpc) is 2.41. The van der Waals surface area contributed by atoms with E-state index in [1.807, 2.05) is 24.3 Å². The largest absolute Gasteiger partial charge is 0.384 e. The Morgan fingerprint density at radius 3 is 2.35 bits per heavy atom. The van der Waals surface area contributed by atoms with Crippen LogP contribution in [-0.4, -0.2) is 20.7 Å². The summed E-state index contributed by atoms with van der Waals surface area (Å²) in [5.74, 6) is -0.00715. The summed E-state index contributed by atoms with van der Waals surface area (Å²) in [4.78, 5) is 0.180. The number of sulfone groups is 1. The van der Waals surface area contributed by atoms with E-state index in [2.05, 4.69) is 21.2 Å². The number of nitrogens with one attached hydrogen (secondary N) is 1. The molecule has 2 aromatic carbocycles. The molecule has 0 aromatic heterocycles. The monoisotopic (exact) mass is 373 g/mol. The normalized spacial score (nSPS) is 11.3. The van der Waals surface area contributed by atoms with E-state index in [1.165, 1.54) is 6.07 Å². The minimum atomic E-state index is -3.37. The van der Waals surface area contributed by atoms with Gasteiger partial charge in [-0.1, -0.05) is 39.7 Å². The Kier molecular flexibility index (Phi) is 5.07. The van der Waals surface area contributed by atoms with Gasteiger partial charge in [0.1, 0.15) is 0 Å². The van der Waals surface area contributed by atoms with Crippen LogP contribution in [0.2, 0.25) is 5.02 Å². The van der Waals surface area contributed by atoms with Crippen molar-refractivity contribution in [3.63, 3.8) is 0 Å². The van der Waals surface area contributed by atoms with E-state index in [0.717, 1.165) is 10.2 Å². The van der Waals surface area contributed by atoms with Gasteiger partial charge in [0.15, 0.2) is 9.84 Å². The number of anilines is 1. The molecule has 0 bridgehead atoms. The second-order valence-electron chi connectivity index (χ2n) is 4.18. The zero-order valence-corrected chi connectivity index (χ0v) is 13.7. The summed E-state index contributed by atoms with van der Waals surface area (Å²) >= 11 is 9.26. The molecule has 6 heteroatoms. The molecule has 20 heavy (non-hydrogen) atoms. The maximum absolute atomic E-state index is 12.2. The van der Waals surface area contributed by atoms with E-state index in [0.29, 0.717) is 6.54 Å². The molecule has 0 heterocycles. The van der Waals surface area contributed by atoms with Crippen molar-refractivity contribution in [1.82, 2.24) is 0 Å². The third kappa shape index (κ3) is 3.98. The smallest absolute Gasteiger partial charge is 0.181 e. The number of halogens is 2. The van der Waals surface area contributed by atoms with Gasteiger partial charge < -0.3 is 5.32 Å². The van der Waals surface area contributed by atoms with Crippen LogP contribution in [0, 0.1) is 0 Å². The summed E-state index contributed by atoms with van der Waals surface area (Å²) < 4.78 is 25.3. The first-order chi connectivity index (χ1) is 9.49. The maximum Gasteiger partial charge on any atom is 0.181 e. The second-order valence-corrected chi connectivity index (χ2v) is 7.58. The maximum atomic E-state index is 12.2. The minimum Gasteiger partial charge on any atom is -0.384 e. The summed E-state index contributed by atoms with van der Waals surface area (Å²) in [5.41, 5.74) is 0.877. The third-order valence-electron chi connectivity index (χ3n) is 2.72. The number of benzene rings is 2. The van der Waals surface area contributed by atoms with Crippen molar-refractivity contribution in [3.8, 4) is 0 Å². The van der Waals surface area contributed by atoms with Crippen molar-refractivity contribution in [3.05, 3.63) is 58.0 Å². The number of rotatable bonds is 5. The molecule has 3 nitrogen and oxygen atoms in total. The molecule has 0 fully saturated rings. The summed E-state index contributed by atoms with van der Waals surface area (Å²) in [6.07, 6.45) is 0. The van der Waals surface area contributed by atoms with Crippen LogP contribution in [0.15, 0.2) is 57.9 Å². The molecule has 0 amide bonds. The van der Waals surface area contributed by atoms with Crippen LogP contribution < -0.4 is 5.32 Å². The minimum absolute atomic E-state index is 0.00715. The van der Waals surface area contributed by atoms with Crippen molar-refractivity contribution < 1.29 is 8.42 Å². The fourth-order valence-corrected chi connectivity index (χ4v) is 3.70. The van der Waals surface area contributed by atoms with Crippen molar-refractivity contribution in [2.24, 2.45) is 0 Å². The molecule has 0 aliphatic carbocycles. The van der Waals surface area contributed by atoms with Crippen LogP contribution in [0.1, 0.15) is 0 Å². The molecule has 0 aliphatic rings. The highest BCUT2D eigenvalue weighted by atomic mass is 79.9. The van der Waals surface area contributed by atoms with Gasteiger partial charge in [0, 0.05) is 16.7 Å². The SMILES string of the molecule is O=S(=O)(CCNc1ccc(Br)cc1)c1ccccc1Cl. The lowest BCUT2D eigenvalue weighted by Crippen LogP contribution is -2.16. The van der Waals surface area contributed by atoms with Crippen LogP contribution in [0.5, 0.6) is 0 Å². The van der Waals surface area contributed by atoms with Gasteiger partial charge in [-0.05, 0) is 36.4 Å². The molecule has 0 spiro atoms. The zero-order chi connectivity index (χ0) is 14.6. The predicted octanol–water partition coefficient (Wildman–Crippen LogP) is 3.99. The first kappa shape index (κ1) is 15.4. The number of hydrogen-bond acceptors (Lipinski definition) is 3. The molecule has 0 atom stereocenters. The summed E-state index contributed by atoms with van der Waals surface area (Å²) in [5, 5.41) is 3.33. The molecule has 1 N–H and O–H groups in total. The van der Waals surface area contributed by atoms with Crippen molar-refractivity contribution in [2.75, 3.05) is 17.6 Å². The Morgan fingerprint density at radius 1 is 1.05 bits per heavy atom. The summed E-state index contributed by atoms with van der Waals surface area (Å²) in [6, 6.07) is 14.0. The fraction of sp³-hybridized carbons (Fsp3) is 0.143. The lowest BCUT2D eigenvalue weighted by Gasteiger charge is -2.08. The highest BCUT2D eigenvalue weighted by molar-refractivity contribution is 9.10. The first-order valence-electron chi connectivity index (χ1n) is 5.96. The fourth-order valence-electron chi connectivity index (χ4n) is 1.70. The Morgan fingerprint density at radius 2 is 1.70 bits per heavy atom. The molecule has 0 aliphatic heterocycles. The van der Waals surface area contributed by atoms with Gasteiger partial charge in [-0.15, -0.1) is 0 Å². The van der Waals surface area contributed by atoms with Crippen molar-refractivity contribution in [2.45, 2.75) is 4.90 Å². The molecule has 0 saturated carbocycles. The van der Waals surface area contributed by atoms with E-state index >= 15 is 0 Å². The summed E-state index contributed by atoms with van der Waals surface area (Å²) in [6.45, 7) is 0.329. The standard InChI is InChI=1S/C14H13BrClNO2S/c15-11-5-7-12(8-6-11)17-9-10-20(18,19)14-4-2-1-3-13(14)16/h1-8,17H,9-10H2.